The van der Waals surface area contributed by atoms with Gasteiger partial charge in [-0.1, -0.05) is 0 Å². The standard InChI is InChI=1S/C21H28N2O3/c1-14-2-7-26-18(14)19(24)22-3-5-23(6-4-22)20(25)21-11-15-8-16(12-21)10-17(9-15)13-21/h2,7,15-17H,3-6,8-13H2,1H3. The molecule has 2 amide bonds. The predicted molar refractivity (Wildman–Crippen MR) is 96.5 cm³/mol. The number of aryl methyl sites for hydroxylation is 1. The number of nitrogens with zero attached hydrogens (tertiary/aromatic N) is 2. The van der Waals surface area contributed by atoms with Crippen molar-refractivity contribution in [1.29, 1.82) is 0 Å². The largest absolute Gasteiger partial charge is 0.459 e. The SMILES string of the molecule is Cc1ccoc1C(=O)N1CCN(C(=O)C23CC4CC(CC(C4)C2)C3)CC1. The maximum atomic E-state index is 13.4. The van der Waals surface area contributed by atoms with Crippen molar-refractivity contribution < 1.29 is 14.0 Å². The van der Waals surface area contributed by atoms with Gasteiger partial charge in [-0.2, -0.15) is 0 Å². The fourth-order valence-corrected chi connectivity index (χ4v) is 6.56. The Hall–Kier alpha value is -1.78. The molecule has 4 aliphatic carbocycles. The fourth-order valence-electron chi connectivity index (χ4n) is 6.56. The summed E-state index contributed by atoms with van der Waals surface area (Å²) in [6, 6.07) is 1.82. The van der Waals surface area contributed by atoms with Crippen LogP contribution in [0, 0.1) is 30.1 Å². The molecule has 140 valence electrons. The molecule has 0 radical (unpaired) electrons. The minimum absolute atomic E-state index is 0.0468. The van der Waals surface area contributed by atoms with Gasteiger partial charge in [0.2, 0.25) is 5.91 Å². The van der Waals surface area contributed by atoms with Crippen molar-refractivity contribution in [1.82, 2.24) is 9.80 Å². The second-order valence-corrected chi connectivity index (χ2v) is 9.22. The molecule has 0 aromatic carbocycles. The highest BCUT2D eigenvalue weighted by atomic mass is 16.3. The summed E-state index contributed by atoms with van der Waals surface area (Å²) < 4.78 is 5.35. The number of hydrogen-bond donors (Lipinski definition) is 0. The van der Waals surface area contributed by atoms with E-state index in [0.29, 0.717) is 37.8 Å². The number of amides is 2. The average molecular weight is 356 g/mol. The third kappa shape index (κ3) is 2.50. The van der Waals surface area contributed by atoms with Crippen LogP contribution in [-0.2, 0) is 4.79 Å². The zero-order valence-corrected chi connectivity index (χ0v) is 15.6. The van der Waals surface area contributed by atoms with Gasteiger partial charge in [-0.3, -0.25) is 9.59 Å². The van der Waals surface area contributed by atoms with Crippen LogP contribution >= 0.6 is 0 Å². The first kappa shape index (κ1) is 16.4. The lowest BCUT2D eigenvalue weighted by atomic mass is 9.49. The van der Waals surface area contributed by atoms with Crippen molar-refractivity contribution in [2.45, 2.75) is 45.4 Å². The maximum Gasteiger partial charge on any atom is 0.289 e. The van der Waals surface area contributed by atoms with Crippen molar-refractivity contribution in [2.24, 2.45) is 23.2 Å². The lowest BCUT2D eigenvalue weighted by Crippen LogP contribution is -2.58. The van der Waals surface area contributed by atoms with Crippen LogP contribution in [0.1, 0.15) is 54.6 Å². The molecule has 5 heteroatoms. The zero-order valence-electron chi connectivity index (χ0n) is 15.6. The zero-order chi connectivity index (χ0) is 17.9. The maximum absolute atomic E-state index is 13.4. The van der Waals surface area contributed by atoms with Crippen LogP contribution in [0.2, 0.25) is 0 Å². The normalized spacial score (nSPS) is 35.8. The third-order valence-corrected chi connectivity index (χ3v) is 7.40. The van der Waals surface area contributed by atoms with E-state index in [1.165, 1.54) is 19.3 Å². The van der Waals surface area contributed by atoms with Gasteiger partial charge < -0.3 is 14.2 Å². The van der Waals surface area contributed by atoms with Crippen molar-refractivity contribution >= 4 is 11.8 Å². The number of furan rings is 1. The molecule has 2 heterocycles. The molecule has 26 heavy (non-hydrogen) atoms. The Balaban J connectivity index is 1.25. The summed E-state index contributed by atoms with van der Waals surface area (Å²) in [7, 11) is 0. The Labute approximate surface area is 154 Å². The minimum atomic E-state index is -0.0709. The van der Waals surface area contributed by atoms with Gasteiger partial charge in [-0.05, 0) is 69.3 Å². The van der Waals surface area contributed by atoms with Gasteiger partial charge in [0.15, 0.2) is 5.76 Å². The van der Waals surface area contributed by atoms with E-state index < -0.39 is 0 Å². The predicted octanol–water partition coefficient (Wildman–Crippen LogP) is 3.09. The molecule has 1 aromatic heterocycles. The molecular weight excluding hydrogens is 328 g/mol. The summed E-state index contributed by atoms with van der Waals surface area (Å²) >= 11 is 0. The van der Waals surface area contributed by atoms with Crippen LogP contribution in [0.5, 0.6) is 0 Å². The van der Waals surface area contributed by atoms with Crippen molar-refractivity contribution in [2.75, 3.05) is 26.2 Å². The highest BCUT2D eigenvalue weighted by molar-refractivity contribution is 5.93. The molecule has 5 nitrogen and oxygen atoms in total. The van der Waals surface area contributed by atoms with Gasteiger partial charge in [0, 0.05) is 31.7 Å². The first-order chi connectivity index (χ1) is 12.5. The van der Waals surface area contributed by atoms with Crippen LogP contribution in [0.3, 0.4) is 0 Å². The molecule has 1 aromatic rings. The second-order valence-electron chi connectivity index (χ2n) is 9.22. The number of piperazine rings is 1. The van der Waals surface area contributed by atoms with Crippen LogP contribution in [0.4, 0.5) is 0 Å². The first-order valence-corrected chi connectivity index (χ1v) is 10.2. The quantitative estimate of drug-likeness (QED) is 0.818. The molecule has 4 bridgehead atoms. The lowest BCUT2D eigenvalue weighted by molar-refractivity contribution is -0.159. The number of rotatable bonds is 2. The van der Waals surface area contributed by atoms with Crippen molar-refractivity contribution in [3.8, 4) is 0 Å². The Morgan fingerprint density at radius 1 is 0.962 bits per heavy atom. The second kappa shape index (κ2) is 5.86. The number of carbonyl (C=O) groups excluding carboxylic acids is 2. The lowest BCUT2D eigenvalue weighted by Gasteiger charge is -2.57. The minimum Gasteiger partial charge on any atom is -0.459 e. The highest BCUT2D eigenvalue weighted by Crippen LogP contribution is 2.60. The molecule has 5 aliphatic rings. The van der Waals surface area contributed by atoms with E-state index in [2.05, 4.69) is 0 Å². The highest BCUT2D eigenvalue weighted by Gasteiger charge is 2.55. The summed E-state index contributed by atoms with van der Waals surface area (Å²) in [5.74, 6) is 3.14. The van der Waals surface area contributed by atoms with Crippen LogP contribution in [0.25, 0.3) is 0 Å². The van der Waals surface area contributed by atoms with E-state index in [1.807, 2.05) is 22.8 Å². The Kier molecular flexibility index (Phi) is 3.70. The van der Waals surface area contributed by atoms with Crippen LogP contribution in [0.15, 0.2) is 16.7 Å². The topological polar surface area (TPSA) is 53.8 Å². The smallest absolute Gasteiger partial charge is 0.289 e. The Bertz CT molecular complexity index is 694. The van der Waals surface area contributed by atoms with Gasteiger partial charge in [0.25, 0.3) is 5.91 Å². The Morgan fingerprint density at radius 2 is 1.50 bits per heavy atom. The van der Waals surface area contributed by atoms with E-state index in [9.17, 15) is 9.59 Å². The number of hydrogen-bond acceptors (Lipinski definition) is 3. The van der Waals surface area contributed by atoms with Gasteiger partial charge in [0.05, 0.1) is 11.7 Å². The molecule has 0 N–H and O–H groups in total. The summed E-state index contributed by atoms with van der Waals surface area (Å²) in [6.45, 7) is 4.43. The molecule has 5 fully saturated rings. The molecule has 0 atom stereocenters. The summed E-state index contributed by atoms with van der Waals surface area (Å²) in [4.78, 5) is 29.9. The first-order valence-electron chi connectivity index (χ1n) is 10.2. The van der Waals surface area contributed by atoms with Gasteiger partial charge in [0.1, 0.15) is 0 Å². The fraction of sp³-hybridized carbons (Fsp3) is 0.714. The van der Waals surface area contributed by atoms with Crippen LogP contribution in [-0.4, -0.2) is 47.8 Å². The van der Waals surface area contributed by atoms with E-state index in [-0.39, 0.29) is 11.3 Å². The van der Waals surface area contributed by atoms with E-state index in [4.69, 9.17) is 4.42 Å². The monoisotopic (exact) mass is 356 g/mol. The van der Waals surface area contributed by atoms with Gasteiger partial charge >= 0.3 is 0 Å². The van der Waals surface area contributed by atoms with E-state index in [1.54, 1.807) is 6.26 Å². The molecule has 1 saturated heterocycles. The molecule has 4 saturated carbocycles. The number of carbonyl (C=O) groups is 2. The van der Waals surface area contributed by atoms with Crippen LogP contribution < -0.4 is 0 Å². The molecule has 6 rings (SSSR count). The van der Waals surface area contributed by atoms with E-state index in [0.717, 1.165) is 42.6 Å². The molecule has 0 unspecified atom stereocenters. The third-order valence-electron chi connectivity index (χ3n) is 7.40. The summed E-state index contributed by atoms with van der Waals surface area (Å²) in [6.07, 6.45) is 8.98. The van der Waals surface area contributed by atoms with Crippen molar-refractivity contribution in [3.63, 3.8) is 0 Å². The summed E-state index contributed by atoms with van der Waals surface area (Å²) in [5, 5.41) is 0. The van der Waals surface area contributed by atoms with Gasteiger partial charge in [-0.15, -0.1) is 0 Å². The average Bonchev–Trinajstić information content (AvgIpc) is 3.05. The molecular formula is C21H28N2O3. The van der Waals surface area contributed by atoms with Crippen molar-refractivity contribution in [3.05, 3.63) is 23.7 Å². The molecule has 0 spiro atoms. The van der Waals surface area contributed by atoms with E-state index >= 15 is 0 Å². The van der Waals surface area contributed by atoms with Gasteiger partial charge in [-0.25, -0.2) is 0 Å². The molecule has 1 aliphatic heterocycles. The Morgan fingerprint density at radius 3 is 2.00 bits per heavy atom. The summed E-state index contributed by atoms with van der Waals surface area (Å²) in [5.41, 5.74) is 0.806.